The van der Waals surface area contributed by atoms with E-state index in [4.69, 9.17) is 22.1 Å². The van der Waals surface area contributed by atoms with Crippen LogP contribution < -0.4 is 5.32 Å². The van der Waals surface area contributed by atoms with E-state index in [1.54, 1.807) is 24.3 Å². The van der Waals surface area contributed by atoms with E-state index in [1.807, 2.05) is 12.1 Å². The first-order valence-corrected chi connectivity index (χ1v) is 5.31. The van der Waals surface area contributed by atoms with Crippen LogP contribution in [0.15, 0.2) is 30.3 Å². The Bertz CT molecular complexity index is 669. The summed E-state index contributed by atoms with van der Waals surface area (Å²) >= 11 is 5.69. The molecule has 86 valence electrons. The van der Waals surface area contributed by atoms with Crippen molar-refractivity contribution in [2.24, 2.45) is 0 Å². The van der Waals surface area contributed by atoms with Gasteiger partial charge in [-0.15, -0.1) is 0 Å². The molecule has 0 amide bonds. The predicted octanol–water partition coefficient (Wildman–Crippen LogP) is 2.62. The summed E-state index contributed by atoms with van der Waals surface area (Å²) in [7, 11) is 0. The molecule has 5 nitrogen and oxygen atoms in total. The van der Waals surface area contributed by atoms with Crippen LogP contribution in [0.2, 0.25) is 5.28 Å². The summed E-state index contributed by atoms with van der Waals surface area (Å²) in [6.07, 6.45) is 0. The van der Waals surface area contributed by atoms with Gasteiger partial charge < -0.3 is 5.32 Å². The molecule has 2 aromatic rings. The summed E-state index contributed by atoms with van der Waals surface area (Å²) in [6.45, 7) is 0. The fourth-order valence-corrected chi connectivity index (χ4v) is 1.54. The Morgan fingerprint density at radius 2 is 1.94 bits per heavy atom. The number of benzene rings is 1. The van der Waals surface area contributed by atoms with Crippen molar-refractivity contribution >= 4 is 23.1 Å². The van der Waals surface area contributed by atoms with E-state index in [2.05, 4.69) is 15.3 Å². The van der Waals surface area contributed by atoms with E-state index in [9.17, 15) is 0 Å². The Morgan fingerprint density at radius 3 is 2.67 bits per heavy atom. The van der Waals surface area contributed by atoms with Gasteiger partial charge in [-0.3, -0.25) is 0 Å². The summed E-state index contributed by atoms with van der Waals surface area (Å²) in [5.41, 5.74) is 1.39. The summed E-state index contributed by atoms with van der Waals surface area (Å²) in [6, 6.07) is 12.3. The first-order chi connectivity index (χ1) is 8.71. The lowest BCUT2D eigenvalue weighted by atomic mass is 10.2. The second kappa shape index (κ2) is 5.13. The van der Waals surface area contributed by atoms with Gasteiger partial charge in [-0.25, -0.2) is 9.97 Å². The molecule has 0 saturated carbocycles. The van der Waals surface area contributed by atoms with Crippen LogP contribution in [0.4, 0.5) is 11.5 Å². The van der Waals surface area contributed by atoms with Gasteiger partial charge in [-0.1, -0.05) is 6.07 Å². The van der Waals surface area contributed by atoms with E-state index in [0.717, 1.165) is 0 Å². The molecule has 0 unspecified atom stereocenters. The molecule has 0 bridgehead atoms. The monoisotopic (exact) mass is 255 g/mol. The first-order valence-electron chi connectivity index (χ1n) is 4.93. The molecule has 18 heavy (non-hydrogen) atoms. The molecule has 0 aliphatic heterocycles. The fraction of sp³-hybridized carbons (Fsp3) is 0. The third-order valence-electron chi connectivity index (χ3n) is 2.08. The van der Waals surface area contributed by atoms with Crippen molar-refractivity contribution in [2.45, 2.75) is 0 Å². The number of aromatic nitrogens is 2. The molecule has 0 aliphatic rings. The smallest absolute Gasteiger partial charge is 0.225 e. The molecule has 1 N–H and O–H groups in total. The highest BCUT2D eigenvalue weighted by Crippen LogP contribution is 2.17. The molecular formula is C12H6ClN5. The van der Waals surface area contributed by atoms with Crippen molar-refractivity contribution < 1.29 is 0 Å². The minimum Gasteiger partial charge on any atom is -0.340 e. The van der Waals surface area contributed by atoms with Gasteiger partial charge in [0.1, 0.15) is 17.6 Å². The van der Waals surface area contributed by atoms with Crippen molar-refractivity contribution in [3.8, 4) is 12.1 Å². The fourth-order valence-electron chi connectivity index (χ4n) is 1.35. The number of nitrogens with one attached hydrogen (secondary N) is 1. The van der Waals surface area contributed by atoms with Crippen molar-refractivity contribution in [3.05, 3.63) is 46.9 Å². The summed E-state index contributed by atoms with van der Waals surface area (Å²) in [5.74, 6) is 0.404. The van der Waals surface area contributed by atoms with Gasteiger partial charge in [-0.05, 0) is 29.8 Å². The van der Waals surface area contributed by atoms with Crippen LogP contribution in [0.5, 0.6) is 0 Å². The minimum absolute atomic E-state index is 0.00649. The van der Waals surface area contributed by atoms with Crippen LogP contribution in [-0.4, -0.2) is 9.97 Å². The van der Waals surface area contributed by atoms with Crippen molar-refractivity contribution in [1.82, 2.24) is 9.97 Å². The van der Waals surface area contributed by atoms with Crippen LogP contribution in [0, 0.1) is 22.7 Å². The maximum Gasteiger partial charge on any atom is 0.225 e. The Morgan fingerprint density at radius 1 is 1.11 bits per heavy atom. The van der Waals surface area contributed by atoms with Crippen LogP contribution in [-0.2, 0) is 0 Å². The number of halogens is 1. The van der Waals surface area contributed by atoms with Crippen LogP contribution in [0.25, 0.3) is 0 Å². The van der Waals surface area contributed by atoms with E-state index >= 15 is 0 Å². The zero-order chi connectivity index (χ0) is 13.0. The quantitative estimate of drug-likeness (QED) is 0.834. The third kappa shape index (κ3) is 2.73. The zero-order valence-electron chi connectivity index (χ0n) is 9.05. The molecule has 0 radical (unpaired) electrons. The maximum absolute atomic E-state index is 8.79. The first kappa shape index (κ1) is 11.8. The van der Waals surface area contributed by atoms with Gasteiger partial charge in [0.05, 0.1) is 11.6 Å². The lowest BCUT2D eigenvalue weighted by Gasteiger charge is -2.05. The number of hydrogen-bond acceptors (Lipinski definition) is 5. The van der Waals surface area contributed by atoms with Crippen LogP contribution in [0.3, 0.4) is 0 Å². The molecule has 1 aromatic carbocycles. The van der Waals surface area contributed by atoms with Crippen molar-refractivity contribution in [3.63, 3.8) is 0 Å². The zero-order valence-corrected chi connectivity index (χ0v) is 9.81. The molecule has 0 atom stereocenters. The Labute approximate surface area is 108 Å². The van der Waals surface area contributed by atoms with Gasteiger partial charge >= 0.3 is 0 Å². The molecule has 2 rings (SSSR count). The van der Waals surface area contributed by atoms with Crippen LogP contribution >= 0.6 is 11.6 Å². The molecule has 1 heterocycles. The van der Waals surface area contributed by atoms with Crippen LogP contribution in [0.1, 0.15) is 11.3 Å². The molecule has 0 aliphatic carbocycles. The maximum atomic E-state index is 8.79. The Kier molecular flexibility index (Phi) is 3.38. The largest absolute Gasteiger partial charge is 0.340 e. The van der Waals surface area contributed by atoms with E-state index in [1.165, 1.54) is 6.07 Å². The average Bonchev–Trinajstić information content (AvgIpc) is 2.38. The van der Waals surface area contributed by atoms with Gasteiger partial charge in [-0.2, -0.15) is 10.5 Å². The highest BCUT2D eigenvalue weighted by atomic mass is 35.5. The highest BCUT2D eigenvalue weighted by Gasteiger charge is 2.03. The standard InChI is InChI=1S/C12H6ClN5/c13-12-17-10(7-15)5-11(18-12)16-9-3-1-2-8(4-9)6-14/h1-5H,(H,16,17,18). The topological polar surface area (TPSA) is 85.4 Å². The lowest BCUT2D eigenvalue weighted by molar-refractivity contribution is 1.14. The Hall–Kier alpha value is -2.63. The van der Waals surface area contributed by atoms with Crippen molar-refractivity contribution in [1.29, 1.82) is 10.5 Å². The van der Waals surface area contributed by atoms with Gasteiger partial charge in [0.2, 0.25) is 5.28 Å². The normalized spacial score (nSPS) is 9.28. The van der Waals surface area contributed by atoms with E-state index in [-0.39, 0.29) is 11.0 Å². The van der Waals surface area contributed by atoms with Gasteiger partial charge in [0, 0.05) is 11.8 Å². The second-order valence-electron chi connectivity index (χ2n) is 3.34. The van der Waals surface area contributed by atoms with E-state index in [0.29, 0.717) is 17.1 Å². The van der Waals surface area contributed by atoms with Crippen molar-refractivity contribution in [2.75, 3.05) is 5.32 Å². The molecule has 0 spiro atoms. The summed E-state index contributed by atoms with van der Waals surface area (Å²) in [4.78, 5) is 7.67. The number of nitrogens with zero attached hydrogens (tertiary/aromatic N) is 4. The lowest BCUT2D eigenvalue weighted by Crippen LogP contribution is -1.97. The number of rotatable bonds is 2. The molecule has 6 heteroatoms. The number of hydrogen-bond donors (Lipinski definition) is 1. The molecule has 1 aromatic heterocycles. The molecule has 0 fully saturated rings. The second-order valence-corrected chi connectivity index (χ2v) is 3.67. The summed E-state index contributed by atoms with van der Waals surface area (Å²) in [5, 5.41) is 20.5. The molecule has 0 saturated heterocycles. The summed E-state index contributed by atoms with van der Waals surface area (Å²) < 4.78 is 0. The van der Waals surface area contributed by atoms with Gasteiger partial charge in [0.25, 0.3) is 0 Å². The third-order valence-corrected chi connectivity index (χ3v) is 2.25. The molecular weight excluding hydrogens is 250 g/mol. The SMILES string of the molecule is N#Cc1cccc(Nc2cc(C#N)nc(Cl)n2)c1. The van der Waals surface area contributed by atoms with E-state index < -0.39 is 0 Å². The minimum atomic E-state index is -0.00649. The number of anilines is 2. The Balaban J connectivity index is 2.31. The van der Waals surface area contributed by atoms with Gasteiger partial charge in [0.15, 0.2) is 0 Å². The predicted molar refractivity (Wildman–Crippen MR) is 66.2 cm³/mol. The number of nitriles is 2. The highest BCUT2D eigenvalue weighted by molar-refractivity contribution is 6.28. The average molecular weight is 256 g/mol.